The number of rotatable bonds is 5. The molecule has 7 nitrogen and oxygen atoms in total. The van der Waals surface area contributed by atoms with Gasteiger partial charge in [0, 0.05) is 31.1 Å². The van der Waals surface area contributed by atoms with Crippen molar-refractivity contribution in [2.45, 2.75) is 10.8 Å². The largest absolute Gasteiger partial charge is 0.330 e. The molecule has 0 saturated carbocycles. The summed E-state index contributed by atoms with van der Waals surface area (Å²) in [5.41, 5.74) is 6.79. The van der Waals surface area contributed by atoms with Crippen molar-refractivity contribution >= 4 is 28.1 Å². The van der Waals surface area contributed by atoms with E-state index in [4.69, 9.17) is 5.73 Å². The van der Waals surface area contributed by atoms with Gasteiger partial charge in [0.2, 0.25) is 10.0 Å². The Balaban J connectivity index is 0.00000243. The van der Waals surface area contributed by atoms with Crippen LogP contribution in [0, 0.1) is 16.0 Å². The second-order valence-electron chi connectivity index (χ2n) is 6.09. The third kappa shape index (κ3) is 3.88. The minimum atomic E-state index is -3.71. The number of nitrogens with zero attached hydrogens (tertiary/aromatic N) is 2. The van der Waals surface area contributed by atoms with Crippen LogP contribution in [0.1, 0.15) is 11.5 Å². The highest BCUT2D eigenvalue weighted by molar-refractivity contribution is 7.89. The first-order valence-electron chi connectivity index (χ1n) is 7.93. The normalized spacial score (nSPS) is 20.5. The summed E-state index contributed by atoms with van der Waals surface area (Å²) in [6.07, 6.45) is 0. The van der Waals surface area contributed by atoms with Crippen LogP contribution in [0.3, 0.4) is 0 Å². The minimum absolute atomic E-state index is 0. The van der Waals surface area contributed by atoms with Gasteiger partial charge in [-0.15, -0.1) is 12.4 Å². The predicted molar refractivity (Wildman–Crippen MR) is 101 cm³/mol. The number of sulfonamides is 1. The van der Waals surface area contributed by atoms with Crippen molar-refractivity contribution in [3.63, 3.8) is 0 Å². The number of nitrogens with two attached hydrogens (primary N) is 1. The lowest BCUT2D eigenvalue weighted by Gasteiger charge is -2.17. The Bertz CT molecular complexity index is 859. The third-order valence-corrected chi connectivity index (χ3v) is 6.47. The van der Waals surface area contributed by atoms with Crippen molar-refractivity contribution in [2.24, 2.45) is 11.7 Å². The van der Waals surface area contributed by atoms with Crippen LogP contribution >= 0.6 is 12.4 Å². The molecule has 1 fully saturated rings. The molecule has 0 radical (unpaired) electrons. The van der Waals surface area contributed by atoms with E-state index in [-0.39, 0.29) is 34.8 Å². The number of non-ortho nitro benzene ring substituents is 1. The average molecular weight is 398 g/mol. The number of nitro benzene ring substituents is 1. The summed E-state index contributed by atoms with van der Waals surface area (Å²) < 4.78 is 27.2. The zero-order valence-electron chi connectivity index (χ0n) is 13.9. The van der Waals surface area contributed by atoms with Crippen LogP contribution in [0.2, 0.25) is 0 Å². The Morgan fingerprint density at radius 2 is 1.69 bits per heavy atom. The van der Waals surface area contributed by atoms with Gasteiger partial charge >= 0.3 is 0 Å². The van der Waals surface area contributed by atoms with Gasteiger partial charge in [-0.25, -0.2) is 8.42 Å². The Hall–Kier alpha value is -2.00. The van der Waals surface area contributed by atoms with Gasteiger partial charge in [-0.3, -0.25) is 10.1 Å². The summed E-state index contributed by atoms with van der Waals surface area (Å²) >= 11 is 0. The number of hydrogen-bond acceptors (Lipinski definition) is 5. The van der Waals surface area contributed by atoms with Crippen molar-refractivity contribution in [1.29, 1.82) is 0 Å². The van der Waals surface area contributed by atoms with E-state index in [1.165, 1.54) is 28.6 Å². The molecule has 0 bridgehead atoms. The third-order valence-electron chi connectivity index (χ3n) is 4.62. The summed E-state index contributed by atoms with van der Waals surface area (Å²) in [5.74, 6) is 0.0780. The molecule has 0 aromatic heterocycles. The lowest BCUT2D eigenvalue weighted by atomic mass is 9.89. The van der Waals surface area contributed by atoms with Crippen LogP contribution in [-0.2, 0) is 10.0 Å². The van der Waals surface area contributed by atoms with Gasteiger partial charge < -0.3 is 5.73 Å². The van der Waals surface area contributed by atoms with Crippen molar-refractivity contribution in [2.75, 3.05) is 19.6 Å². The van der Waals surface area contributed by atoms with Crippen LogP contribution in [-0.4, -0.2) is 37.3 Å². The van der Waals surface area contributed by atoms with Gasteiger partial charge in [0.25, 0.3) is 5.69 Å². The number of benzene rings is 2. The number of hydrogen-bond donors (Lipinski definition) is 1. The maximum Gasteiger partial charge on any atom is 0.269 e. The fourth-order valence-electron chi connectivity index (χ4n) is 3.23. The maximum absolute atomic E-state index is 12.9. The molecule has 2 N–H and O–H groups in total. The highest BCUT2D eigenvalue weighted by Gasteiger charge is 2.39. The molecule has 1 heterocycles. The van der Waals surface area contributed by atoms with Crippen LogP contribution in [0.25, 0.3) is 0 Å². The van der Waals surface area contributed by atoms with Crippen molar-refractivity contribution < 1.29 is 13.3 Å². The van der Waals surface area contributed by atoms with Gasteiger partial charge in [-0.05, 0) is 30.2 Å². The Labute approximate surface area is 158 Å². The smallest absolute Gasteiger partial charge is 0.269 e. The second-order valence-corrected chi connectivity index (χ2v) is 8.02. The lowest BCUT2D eigenvalue weighted by molar-refractivity contribution is -0.384. The van der Waals surface area contributed by atoms with Gasteiger partial charge in [0.05, 0.1) is 9.82 Å². The molecule has 3 rings (SSSR count). The molecule has 0 spiro atoms. The van der Waals surface area contributed by atoms with Crippen molar-refractivity contribution in [1.82, 2.24) is 4.31 Å². The maximum atomic E-state index is 12.9. The van der Waals surface area contributed by atoms with Crippen LogP contribution in [0.5, 0.6) is 0 Å². The summed E-state index contributed by atoms with van der Waals surface area (Å²) in [4.78, 5) is 10.2. The second kappa shape index (κ2) is 8.13. The standard InChI is InChI=1S/C17H19N3O4S.ClH/c18-10-14-11-19(12-17(14)13-4-2-1-3-5-13)25(23,24)16-8-6-15(7-9-16)20(21)22;/h1-9,14,17H,10-12,18H2;1H/t14-,17+;/m1./s1. The van der Waals surface area contributed by atoms with Crippen molar-refractivity contribution in [3.8, 4) is 0 Å². The first kappa shape index (κ1) is 20.3. The van der Waals surface area contributed by atoms with Crippen LogP contribution in [0.4, 0.5) is 5.69 Å². The molecule has 2 aromatic carbocycles. The highest BCUT2D eigenvalue weighted by atomic mass is 35.5. The summed E-state index contributed by atoms with van der Waals surface area (Å²) in [7, 11) is -3.71. The molecule has 1 aliphatic rings. The topological polar surface area (TPSA) is 107 Å². The van der Waals surface area contributed by atoms with Crippen LogP contribution in [0.15, 0.2) is 59.5 Å². The van der Waals surface area contributed by atoms with E-state index in [1.807, 2.05) is 30.3 Å². The minimum Gasteiger partial charge on any atom is -0.330 e. The van der Waals surface area contributed by atoms with Crippen molar-refractivity contribution in [3.05, 3.63) is 70.3 Å². The quantitative estimate of drug-likeness (QED) is 0.615. The Morgan fingerprint density at radius 1 is 1.08 bits per heavy atom. The first-order chi connectivity index (χ1) is 11.9. The molecule has 140 valence electrons. The Kier molecular flexibility index (Phi) is 6.35. The molecule has 2 atom stereocenters. The first-order valence-corrected chi connectivity index (χ1v) is 9.37. The fraction of sp³-hybridized carbons (Fsp3) is 0.294. The molecule has 2 aromatic rings. The van der Waals surface area contributed by atoms with Gasteiger partial charge in [0.1, 0.15) is 0 Å². The van der Waals surface area contributed by atoms with Crippen LogP contribution < -0.4 is 5.73 Å². The highest BCUT2D eigenvalue weighted by Crippen LogP contribution is 2.35. The summed E-state index contributed by atoms with van der Waals surface area (Å²) in [6.45, 7) is 1.09. The van der Waals surface area contributed by atoms with Gasteiger partial charge in [-0.2, -0.15) is 4.31 Å². The van der Waals surface area contributed by atoms with Gasteiger partial charge in [0.15, 0.2) is 0 Å². The van der Waals surface area contributed by atoms with Gasteiger partial charge in [-0.1, -0.05) is 30.3 Å². The molecule has 0 aliphatic carbocycles. The molecule has 1 saturated heterocycles. The van der Waals surface area contributed by atoms with E-state index in [0.29, 0.717) is 19.6 Å². The van der Waals surface area contributed by atoms with E-state index in [2.05, 4.69) is 0 Å². The van der Waals surface area contributed by atoms with E-state index >= 15 is 0 Å². The SMILES string of the molecule is Cl.NC[C@@H]1CN(S(=O)(=O)c2ccc([N+](=O)[O-])cc2)C[C@H]1c1ccccc1. The zero-order valence-corrected chi connectivity index (χ0v) is 15.5. The molecule has 0 amide bonds. The molecule has 9 heteroatoms. The average Bonchev–Trinajstić information content (AvgIpc) is 3.08. The molecular formula is C17H20ClN3O4S. The monoisotopic (exact) mass is 397 g/mol. The fourth-order valence-corrected chi connectivity index (χ4v) is 4.76. The summed E-state index contributed by atoms with van der Waals surface area (Å²) in [6, 6.07) is 14.7. The number of nitro groups is 1. The lowest BCUT2D eigenvalue weighted by Crippen LogP contribution is -2.30. The summed E-state index contributed by atoms with van der Waals surface area (Å²) in [5, 5.41) is 10.7. The van der Waals surface area contributed by atoms with E-state index in [1.54, 1.807) is 0 Å². The van der Waals surface area contributed by atoms with E-state index in [0.717, 1.165) is 5.56 Å². The van der Waals surface area contributed by atoms with E-state index < -0.39 is 14.9 Å². The predicted octanol–water partition coefficient (Wildman–Crippen LogP) is 2.38. The molecule has 1 aliphatic heterocycles. The zero-order chi connectivity index (χ0) is 18.0. The Morgan fingerprint density at radius 3 is 2.23 bits per heavy atom. The molecule has 26 heavy (non-hydrogen) atoms. The molecule has 0 unspecified atom stereocenters. The number of halogens is 1. The van der Waals surface area contributed by atoms with E-state index in [9.17, 15) is 18.5 Å². The molecular weight excluding hydrogens is 378 g/mol.